The number of ether oxygens (including phenoxy) is 1. The van der Waals surface area contributed by atoms with Crippen LogP contribution in [0.15, 0.2) is 93.3 Å². The lowest BCUT2D eigenvalue weighted by molar-refractivity contribution is 0.0952. The van der Waals surface area contributed by atoms with Gasteiger partial charge >= 0.3 is 0 Å². The Hall–Kier alpha value is -3.34. The number of carbonyl (C=O) groups excluding carboxylic acids is 1. The van der Waals surface area contributed by atoms with Crippen molar-refractivity contribution < 1.29 is 22.4 Å². The van der Waals surface area contributed by atoms with Crippen molar-refractivity contribution in [2.45, 2.75) is 18.0 Å². The molecule has 1 aromatic heterocycles. The zero-order chi connectivity index (χ0) is 28.0. The van der Waals surface area contributed by atoms with Gasteiger partial charge in [0.05, 0.1) is 30.3 Å². The summed E-state index contributed by atoms with van der Waals surface area (Å²) in [6.07, 6.45) is 1.30. The SMILES string of the molecule is COc1ccc(Cl)cc1C(=O)N/N=C\c1ccc(CN(Cc2ccc(Cl)cc2)S(=O)(=O)c2ccc(Cl)cc2)o1. The van der Waals surface area contributed by atoms with Crippen molar-refractivity contribution in [1.29, 1.82) is 0 Å². The highest BCUT2D eigenvalue weighted by Gasteiger charge is 2.26. The summed E-state index contributed by atoms with van der Waals surface area (Å²) in [6, 6.07) is 20.7. The standard InChI is InChI=1S/C27H22Cl3N3O5S/c1-37-26-13-8-21(30)14-25(26)27(34)32-31-15-22-9-10-23(38-22)17-33(16-18-2-4-19(28)5-3-18)39(35,36)24-11-6-20(29)7-12-24/h2-15H,16-17H2,1H3,(H,32,34)/b31-15-. The molecule has 0 unspecified atom stereocenters. The fourth-order valence-electron chi connectivity index (χ4n) is 3.57. The van der Waals surface area contributed by atoms with Gasteiger partial charge in [-0.1, -0.05) is 46.9 Å². The number of nitrogens with one attached hydrogen (secondary N) is 1. The van der Waals surface area contributed by atoms with E-state index in [0.29, 0.717) is 32.3 Å². The second-order valence-electron chi connectivity index (χ2n) is 8.20. The third-order valence-corrected chi connectivity index (χ3v) is 8.05. The van der Waals surface area contributed by atoms with Crippen LogP contribution < -0.4 is 10.2 Å². The Morgan fingerprint density at radius 1 is 0.923 bits per heavy atom. The molecule has 4 aromatic rings. The number of methoxy groups -OCH3 is 1. The summed E-state index contributed by atoms with van der Waals surface area (Å²) < 4.78 is 39.3. The Morgan fingerprint density at radius 3 is 2.23 bits per heavy atom. The molecule has 4 rings (SSSR count). The smallest absolute Gasteiger partial charge is 0.275 e. The van der Waals surface area contributed by atoms with Crippen molar-refractivity contribution in [3.05, 3.63) is 117 Å². The average Bonchev–Trinajstić information content (AvgIpc) is 3.36. The van der Waals surface area contributed by atoms with Crippen LogP contribution in [0.25, 0.3) is 0 Å². The number of hydrogen-bond donors (Lipinski definition) is 1. The highest BCUT2D eigenvalue weighted by atomic mass is 35.5. The summed E-state index contributed by atoms with van der Waals surface area (Å²) in [5, 5.41) is 5.26. The molecule has 0 radical (unpaired) electrons. The highest BCUT2D eigenvalue weighted by Crippen LogP contribution is 2.25. The predicted molar refractivity (Wildman–Crippen MR) is 151 cm³/mol. The molecular weight excluding hydrogens is 585 g/mol. The molecule has 0 saturated heterocycles. The largest absolute Gasteiger partial charge is 0.496 e. The first-order chi connectivity index (χ1) is 18.7. The monoisotopic (exact) mass is 605 g/mol. The number of carbonyl (C=O) groups is 1. The minimum atomic E-state index is -3.92. The minimum Gasteiger partial charge on any atom is -0.496 e. The van der Waals surface area contributed by atoms with Gasteiger partial charge in [0.15, 0.2) is 0 Å². The van der Waals surface area contributed by atoms with E-state index in [4.69, 9.17) is 44.0 Å². The van der Waals surface area contributed by atoms with E-state index in [2.05, 4.69) is 10.5 Å². The molecule has 8 nitrogen and oxygen atoms in total. The molecule has 202 valence electrons. The molecular formula is C27H22Cl3N3O5S. The lowest BCUT2D eigenvalue weighted by Crippen LogP contribution is -2.30. The number of amides is 1. The van der Waals surface area contributed by atoms with Crippen molar-refractivity contribution in [1.82, 2.24) is 9.73 Å². The molecule has 3 aromatic carbocycles. The van der Waals surface area contributed by atoms with Gasteiger partial charge in [-0.25, -0.2) is 13.8 Å². The number of rotatable bonds is 10. The van der Waals surface area contributed by atoms with Crippen molar-refractivity contribution in [3.63, 3.8) is 0 Å². The van der Waals surface area contributed by atoms with Gasteiger partial charge in [0.2, 0.25) is 10.0 Å². The van der Waals surface area contributed by atoms with Crippen molar-refractivity contribution >= 4 is 56.9 Å². The molecule has 12 heteroatoms. The van der Waals surface area contributed by atoms with Crippen LogP contribution in [-0.2, 0) is 23.1 Å². The van der Waals surface area contributed by atoms with Crippen LogP contribution in [0.3, 0.4) is 0 Å². The van der Waals surface area contributed by atoms with Gasteiger partial charge in [-0.3, -0.25) is 4.79 Å². The van der Waals surface area contributed by atoms with E-state index in [1.807, 2.05) is 0 Å². The quantitative estimate of drug-likeness (QED) is 0.166. The average molecular weight is 607 g/mol. The fraction of sp³-hybridized carbons (Fsp3) is 0.111. The molecule has 0 aliphatic carbocycles. The van der Waals surface area contributed by atoms with Gasteiger partial charge in [-0.15, -0.1) is 0 Å². The van der Waals surface area contributed by atoms with E-state index in [1.54, 1.807) is 48.5 Å². The normalized spacial score (nSPS) is 11.7. The molecule has 0 bridgehead atoms. The number of halogens is 3. The molecule has 0 fully saturated rings. The van der Waals surface area contributed by atoms with E-state index in [0.717, 1.165) is 5.56 Å². The van der Waals surface area contributed by atoms with E-state index in [9.17, 15) is 13.2 Å². The lowest BCUT2D eigenvalue weighted by atomic mass is 10.2. The van der Waals surface area contributed by atoms with Gasteiger partial charge in [-0.05, 0) is 72.3 Å². The van der Waals surface area contributed by atoms with Crippen molar-refractivity contribution in [2.75, 3.05) is 7.11 Å². The number of hydrazone groups is 1. The van der Waals surface area contributed by atoms with Crippen LogP contribution in [-0.4, -0.2) is 32.0 Å². The maximum Gasteiger partial charge on any atom is 0.275 e. The Balaban J connectivity index is 1.51. The van der Waals surface area contributed by atoms with Gasteiger partial charge in [0.25, 0.3) is 5.91 Å². The third-order valence-electron chi connectivity index (χ3n) is 5.50. The van der Waals surface area contributed by atoms with Gasteiger partial charge in [-0.2, -0.15) is 9.41 Å². The molecule has 0 saturated carbocycles. The summed E-state index contributed by atoms with van der Waals surface area (Å²) in [6.45, 7) is 0.0112. The summed E-state index contributed by atoms with van der Waals surface area (Å²) in [7, 11) is -2.47. The van der Waals surface area contributed by atoms with Crippen LogP contribution in [0.2, 0.25) is 15.1 Å². The second-order valence-corrected chi connectivity index (χ2v) is 11.4. The first-order valence-corrected chi connectivity index (χ1v) is 14.0. The minimum absolute atomic E-state index is 0.0620. The van der Waals surface area contributed by atoms with Crippen molar-refractivity contribution in [3.8, 4) is 5.75 Å². The molecule has 39 heavy (non-hydrogen) atoms. The number of benzene rings is 3. The van der Waals surface area contributed by atoms with Crippen LogP contribution in [0.5, 0.6) is 5.75 Å². The third kappa shape index (κ3) is 7.40. The van der Waals surface area contributed by atoms with E-state index in [-0.39, 0.29) is 23.5 Å². The Morgan fingerprint density at radius 2 is 1.56 bits per heavy atom. The molecule has 0 atom stereocenters. The number of nitrogens with zero attached hydrogens (tertiary/aromatic N) is 2. The lowest BCUT2D eigenvalue weighted by Gasteiger charge is -2.21. The van der Waals surface area contributed by atoms with E-state index < -0.39 is 15.9 Å². The fourth-order valence-corrected chi connectivity index (χ4v) is 5.39. The summed E-state index contributed by atoms with van der Waals surface area (Å²) in [4.78, 5) is 12.6. The second kappa shape index (κ2) is 12.7. The number of sulfonamides is 1. The van der Waals surface area contributed by atoms with Gasteiger partial charge in [0.1, 0.15) is 17.3 Å². The van der Waals surface area contributed by atoms with Crippen LogP contribution >= 0.6 is 34.8 Å². The van der Waals surface area contributed by atoms with Crippen LogP contribution in [0.4, 0.5) is 0 Å². The maximum absolute atomic E-state index is 13.5. The zero-order valence-electron chi connectivity index (χ0n) is 20.5. The number of hydrogen-bond acceptors (Lipinski definition) is 6. The Kier molecular flexibility index (Phi) is 9.32. The van der Waals surface area contributed by atoms with Crippen LogP contribution in [0, 0.1) is 0 Å². The first kappa shape index (κ1) is 28.7. The number of furan rings is 1. The van der Waals surface area contributed by atoms with Crippen LogP contribution in [0.1, 0.15) is 27.4 Å². The van der Waals surface area contributed by atoms with E-state index in [1.165, 1.54) is 48.0 Å². The molecule has 1 heterocycles. The molecule has 0 aliphatic rings. The molecule has 0 aliphatic heterocycles. The molecule has 0 spiro atoms. The van der Waals surface area contributed by atoms with Crippen molar-refractivity contribution in [2.24, 2.45) is 5.10 Å². The highest BCUT2D eigenvalue weighted by molar-refractivity contribution is 7.89. The summed E-state index contributed by atoms with van der Waals surface area (Å²) in [5.41, 5.74) is 3.35. The Bertz CT molecular complexity index is 1590. The Labute approximate surface area is 240 Å². The molecule has 1 N–H and O–H groups in total. The summed E-state index contributed by atoms with van der Waals surface area (Å²) >= 11 is 17.9. The van der Waals surface area contributed by atoms with Gasteiger partial charge in [0, 0.05) is 21.6 Å². The topological polar surface area (TPSA) is 101 Å². The molecule has 1 amide bonds. The predicted octanol–water partition coefficient (Wildman–Crippen LogP) is 6.40. The first-order valence-electron chi connectivity index (χ1n) is 11.4. The summed E-state index contributed by atoms with van der Waals surface area (Å²) in [5.74, 6) is 0.486. The van der Waals surface area contributed by atoms with E-state index >= 15 is 0 Å². The maximum atomic E-state index is 13.5. The van der Waals surface area contributed by atoms with Gasteiger partial charge < -0.3 is 9.15 Å². The zero-order valence-corrected chi connectivity index (χ0v) is 23.6.